The molecule has 0 amide bonds. The van der Waals surface area contributed by atoms with Crippen molar-refractivity contribution in [3.63, 3.8) is 0 Å². The van der Waals surface area contributed by atoms with Crippen LogP contribution in [0, 0.1) is 12.7 Å². The number of aliphatic hydroxyl groups is 1. The fourth-order valence-electron chi connectivity index (χ4n) is 2.34. The number of anilines is 1. The molecule has 1 aliphatic heterocycles. The smallest absolute Gasteiger partial charge is 0.246 e. The normalized spacial score (nSPS) is 18.0. The lowest BCUT2D eigenvalue weighted by Gasteiger charge is -2.33. The van der Waals surface area contributed by atoms with E-state index in [0.29, 0.717) is 25.2 Å². The number of sulfonamides is 1. The second kappa shape index (κ2) is 6.27. The molecule has 8 heteroatoms. The summed E-state index contributed by atoms with van der Waals surface area (Å²) in [6, 6.07) is 2.32. The maximum atomic E-state index is 14.0. The topological polar surface area (TPSA) is 86.9 Å². The SMILES string of the molecule is Cc1cc(F)c(S(=O)(=O)N2CCN(CCO)CC2)cc1N. The van der Waals surface area contributed by atoms with Crippen molar-refractivity contribution in [1.82, 2.24) is 9.21 Å². The first-order valence-electron chi connectivity index (χ1n) is 6.75. The summed E-state index contributed by atoms with van der Waals surface area (Å²) in [7, 11) is -3.88. The third-order valence-corrected chi connectivity index (χ3v) is 5.60. The van der Waals surface area contributed by atoms with Crippen molar-refractivity contribution in [2.75, 3.05) is 45.1 Å². The zero-order chi connectivity index (χ0) is 15.6. The molecule has 0 unspecified atom stereocenters. The highest BCUT2D eigenvalue weighted by atomic mass is 32.2. The van der Waals surface area contributed by atoms with Gasteiger partial charge in [0.15, 0.2) is 0 Å². The fraction of sp³-hybridized carbons (Fsp3) is 0.538. The number of nitrogen functional groups attached to an aromatic ring is 1. The number of benzene rings is 1. The Labute approximate surface area is 124 Å². The molecule has 21 heavy (non-hydrogen) atoms. The minimum Gasteiger partial charge on any atom is -0.398 e. The molecular formula is C13H20FN3O3S. The van der Waals surface area contributed by atoms with Crippen LogP contribution in [0.2, 0.25) is 0 Å². The lowest BCUT2D eigenvalue weighted by molar-refractivity contribution is 0.151. The van der Waals surface area contributed by atoms with Crippen LogP contribution in [-0.4, -0.2) is 62.1 Å². The van der Waals surface area contributed by atoms with Crippen molar-refractivity contribution in [1.29, 1.82) is 0 Å². The van der Waals surface area contributed by atoms with E-state index in [1.54, 1.807) is 6.92 Å². The van der Waals surface area contributed by atoms with Crippen LogP contribution in [0.15, 0.2) is 17.0 Å². The average Bonchev–Trinajstić information content (AvgIpc) is 2.43. The number of aliphatic hydroxyl groups excluding tert-OH is 1. The van der Waals surface area contributed by atoms with Crippen LogP contribution < -0.4 is 5.73 Å². The number of halogens is 1. The summed E-state index contributed by atoms with van der Waals surface area (Å²) in [5.74, 6) is -0.778. The van der Waals surface area contributed by atoms with Crippen molar-refractivity contribution >= 4 is 15.7 Å². The first-order valence-corrected chi connectivity index (χ1v) is 8.19. The van der Waals surface area contributed by atoms with E-state index in [9.17, 15) is 12.8 Å². The minimum absolute atomic E-state index is 0.0376. The molecule has 0 saturated carbocycles. The Morgan fingerprint density at radius 3 is 2.48 bits per heavy atom. The Morgan fingerprint density at radius 2 is 1.90 bits per heavy atom. The molecule has 1 saturated heterocycles. The quantitative estimate of drug-likeness (QED) is 0.764. The molecule has 3 N–H and O–H groups in total. The third-order valence-electron chi connectivity index (χ3n) is 3.69. The van der Waals surface area contributed by atoms with Gasteiger partial charge in [0.25, 0.3) is 0 Å². The summed E-state index contributed by atoms with van der Waals surface area (Å²) in [5.41, 5.74) is 6.46. The van der Waals surface area contributed by atoms with Crippen molar-refractivity contribution in [3.8, 4) is 0 Å². The number of nitrogens with zero attached hydrogens (tertiary/aromatic N) is 2. The Hall–Kier alpha value is -1.22. The van der Waals surface area contributed by atoms with Crippen LogP contribution in [0.5, 0.6) is 0 Å². The summed E-state index contributed by atoms with van der Waals surface area (Å²) in [5, 5.41) is 8.88. The second-order valence-corrected chi connectivity index (χ2v) is 7.01. The molecule has 1 aliphatic rings. The Balaban J connectivity index is 2.22. The molecule has 1 fully saturated rings. The largest absolute Gasteiger partial charge is 0.398 e. The number of hydrogen-bond acceptors (Lipinski definition) is 5. The van der Waals surface area contributed by atoms with E-state index in [-0.39, 0.29) is 30.3 Å². The van der Waals surface area contributed by atoms with Gasteiger partial charge in [0.05, 0.1) is 6.61 Å². The minimum atomic E-state index is -3.88. The molecular weight excluding hydrogens is 297 g/mol. The van der Waals surface area contributed by atoms with Gasteiger partial charge < -0.3 is 10.8 Å². The molecule has 0 aromatic heterocycles. The van der Waals surface area contributed by atoms with Crippen LogP contribution >= 0.6 is 0 Å². The molecule has 0 aliphatic carbocycles. The van der Waals surface area contributed by atoms with Crippen molar-refractivity contribution in [2.45, 2.75) is 11.8 Å². The van der Waals surface area contributed by atoms with E-state index < -0.39 is 15.8 Å². The Morgan fingerprint density at radius 1 is 1.29 bits per heavy atom. The number of β-amino-alcohol motifs (C(OH)–C–C–N with tert-alkyl or cyclic N) is 1. The van der Waals surface area contributed by atoms with Gasteiger partial charge >= 0.3 is 0 Å². The van der Waals surface area contributed by atoms with Crippen LogP contribution in [0.3, 0.4) is 0 Å². The molecule has 1 aromatic rings. The van der Waals surface area contributed by atoms with Gasteiger partial charge in [-0.1, -0.05) is 0 Å². The van der Waals surface area contributed by atoms with Crippen LogP contribution in [0.4, 0.5) is 10.1 Å². The van der Waals surface area contributed by atoms with Gasteiger partial charge in [0.1, 0.15) is 10.7 Å². The summed E-state index contributed by atoms with van der Waals surface area (Å²) < 4.78 is 40.2. The fourth-order valence-corrected chi connectivity index (χ4v) is 3.84. The number of hydrogen-bond donors (Lipinski definition) is 2. The van der Waals surface area contributed by atoms with Crippen LogP contribution in [0.1, 0.15) is 5.56 Å². The molecule has 6 nitrogen and oxygen atoms in total. The van der Waals surface area contributed by atoms with E-state index in [0.717, 1.165) is 6.07 Å². The maximum absolute atomic E-state index is 14.0. The zero-order valence-electron chi connectivity index (χ0n) is 11.9. The van der Waals surface area contributed by atoms with Crippen molar-refractivity contribution in [2.24, 2.45) is 0 Å². The Bertz CT molecular complexity index is 613. The first-order chi connectivity index (χ1) is 9.86. The summed E-state index contributed by atoms with van der Waals surface area (Å²) >= 11 is 0. The van der Waals surface area contributed by atoms with Crippen molar-refractivity contribution < 1.29 is 17.9 Å². The van der Waals surface area contributed by atoms with E-state index in [1.165, 1.54) is 10.4 Å². The van der Waals surface area contributed by atoms with E-state index in [1.807, 2.05) is 4.90 Å². The summed E-state index contributed by atoms with van der Waals surface area (Å²) in [6.45, 7) is 3.76. The van der Waals surface area contributed by atoms with Crippen molar-refractivity contribution in [3.05, 3.63) is 23.5 Å². The average molecular weight is 317 g/mol. The summed E-state index contributed by atoms with van der Waals surface area (Å²) in [4.78, 5) is 1.59. The van der Waals surface area contributed by atoms with E-state index in [2.05, 4.69) is 0 Å². The highest BCUT2D eigenvalue weighted by Gasteiger charge is 2.30. The van der Waals surface area contributed by atoms with E-state index >= 15 is 0 Å². The molecule has 1 heterocycles. The zero-order valence-corrected chi connectivity index (χ0v) is 12.7. The molecule has 2 rings (SSSR count). The highest BCUT2D eigenvalue weighted by Crippen LogP contribution is 2.25. The molecule has 0 spiro atoms. The number of aryl methyl sites for hydroxylation is 1. The Kier molecular flexibility index (Phi) is 4.82. The first kappa shape index (κ1) is 16.2. The molecule has 0 atom stereocenters. The van der Waals surface area contributed by atoms with Gasteiger partial charge in [0.2, 0.25) is 10.0 Å². The lowest BCUT2D eigenvalue weighted by Crippen LogP contribution is -2.49. The van der Waals surface area contributed by atoms with Gasteiger partial charge in [-0.25, -0.2) is 12.8 Å². The second-order valence-electron chi connectivity index (χ2n) is 5.11. The predicted molar refractivity (Wildman–Crippen MR) is 77.8 cm³/mol. The third kappa shape index (κ3) is 3.34. The van der Waals surface area contributed by atoms with Crippen LogP contribution in [0.25, 0.3) is 0 Å². The molecule has 0 bridgehead atoms. The highest BCUT2D eigenvalue weighted by molar-refractivity contribution is 7.89. The van der Waals surface area contributed by atoms with E-state index in [4.69, 9.17) is 10.8 Å². The summed E-state index contributed by atoms with van der Waals surface area (Å²) in [6.07, 6.45) is 0. The predicted octanol–water partition coefficient (Wildman–Crippen LogP) is 0.0149. The van der Waals surface area contributed by atoms with Gasteiger partial charge in [-0.2, -0.15) is 4.31 Å². The molecule has 0 radical (unpaired) electrons. The van der Waals surface area contributed by atoms with Gasteiger partial charge in [-0.15, -0.1) is 0 Å². The maximum Gasteiger partial charge on any atom is 0.246 e. The number of rotatable bonds is 4. The lowest BCUT2D eigenvalue weighted by atomic mass is 10.2. The monoisotopic (exact) mass is 317 g/mol. The van der Waals surface area contributed by atoms with Gasteiger partial charge in [-0.3, -0.25) is 4.90 Å². The molecule has 1 aromatic carbocycles. The van der Waals surface area contributed by atoms with Crippen LogP contribution in [-0.2, 0) is 10.0 Å². The number of nitrogens with two attached hydrogens (primary N) is 1. The van der Waals surface area contributed by atoms with Gasteiger partial charge in [0, 0.05) is 38.4 Å². The molecule has 118 valence electrons. The number of piperazine rings is 1. The standard InChI is InChI=1S/C13H20FN3O3S/c1-10-8-11(14)13(9-12(10)15)21(19,20)17-4-2-16(3-5-17)6-7-18/h8-9,18H,2-7,15H2,1H3. The van der Waals surface area contributed by atoms with Gasteiger partial charge in [-0.05, 0) is 24.6 Å².